The fourth-order valence-corrected chi connectivity index (χ4v) is 2.98. The average molecular weight is 314 g/mol. The highest BCUT2D eigenvalue weighted by molar-refractivity contribution is 9.10. The third-order valence-electron chi connectivity index (χ3n) is 3.58. The molecule has 1 aliphatic heterocycles. The fraction of sp³-hybridized carbons (Fsp3) is 0.667. The Morgan fingerprint density at radius 1 is 1.61 bits per heavy atom. The largest absolute Gasteiger partial charge is 0.387 e. The summed E-state index contributed by atoms with van der Waals surface area (Å²) in [6.45, 7) is 4.82. The van der Waals surface area contributed by atoms with E-state index in [2.05, 4.69) is 25.9 Å². The zero-order chi connectivity index (χ0) is 13.3. The van der Waals surface area contributed by atoms with Crippen LogP contribution in [0.5, 0.6) is 0 Å². The zero-order valence-electron chi connectivity index (χ0n) is 10.9. The fourth-order valence-electron chi connectivity index (χ4n) is 2.52. The molecule has 5 nitrogen and oxygen atoms in total. The molecule has 1 aliphatic rings. The minimum Gasteiger partial charge on any atom is -0.387 e. The number of aromatic nitrogens is 2. The van der Waals surface area contributed by atoms with E-state index in [1.165, 1.54) is 5.69 Å². The highest BCUT2D eigenvalue weighted by Crippen LogP contribution is 2.24. The van der Waals surface area contributed by atoms with Crippen LogP contribution in [0.1, 0.15) is 24.2 Å². The van der Waals surface area contributed by atoms with E-state index in [0.29, 0.717) is 5.84 Å². The maximum atomic E-state index is 7.57. The van der Waals surface area contributed by atoms with Gasteiger partial charge in [-0.05, 0) is 42.2 Å². The highest BCUT2D eigenvalue weighted by Gasteiger charge is 2.23. The average Bonchev–Trinajstić information content (AvgIpc) is 2.56. The predicted octanol–water partition coefficient (Wildman–Crippen LogP) is 1.64. The number of amidine groups is 1. The Labute approximate surface area is 116 Å². The van der Waals surface area contributed by atoms with E-state index in [-0.39, 0.29) is 5.92 Å². The number of piperidine rings is 1. The lowest BCUT2D eigenvalue weighted by atomic mass is 9.97. The first-order valence-corrected chi connectivity index (χ1v) is 7.02. The number of hydrogen-bond donors (Lipinski definition) is 2. The summed E-state index contributed by atoms with van der Waals surface area (Å²) in [6.07, 6.45) is 2.15. The van der Waals surface area contributed by atoms with E-state index >= 15 is 0 Å². The van der Waals surface area contributed by atoms with E-state index in [1.807, 2.05) is 18.7 Å². The van der Waals surface area contributed by atoms with Gasteiger partial charge in [0.1, 0.15) is 0 Å². The lowest BCUT2D eigenvalue weighted by Gasteiger charge is -2.32. The van der Waals surface area contributed by atoms with Crippen LogP contribution in [-0.4, -0.2) is 33.6 Å². The normalized spacial score (nSPS) is 21.2. The van der Waals surface area contributed by atoms with Crippen LogP contribution in [0.3, 0.4) is 0 Å². The standard InChI is InChI=1S/C12H20BrN5/c1-8-11(13)10(17(2)16-8)7-18-5-3-4-9(6-18)12(14)15/h9H,3-7H2,1-2H3,(H3,14,15). The number of likely N-dealkylation sites (tertiary alicyclic amines) is 1. The van der Waals surface area contributed by atoms with Crippen LogP contribution in [0, 0.1) is 18.3 Å². The predicted molar refractivity (Wildman–Crippen MR) is 75.6 cm³/mol. The first-order chi connectivity index (χ1) is 8.49. The van der Waals surface area contributed by atoms with Crippen molar-refractivity contribution < 1.29 is 0 Å². The summed E-state index contributed by atoms with van der Waals surface area (Å²) in [4.78, 5) is 2.36. The number of hydrogen-bond acceptors (Lipinski definition) is 3. The summed E-state index contributed by atoms with van der Waals surface area (Å²) in [5.41, 5.74) is 7.83. The topological polar surface area (TPSA) is 70.9 Å². The van der Waals surface area contributed by atoms with Gasteiger partial charge in [-0.2, -0.15) is 5.10 Å². The molecule has 0 spiro atoms. The van der Waals surface area contributed by atoms with Gasteiger partial charge in [0.25, 0.3) is 0 Å². The van der Waals surface area contributed by atoms with Gasteiger partial charge in [-0.1, -0.05) is 0 Å². The second kappa shape index (κ2) is 5.40. The summed E-state index contributed by atoms with van der Waals surface area (Å²) in [5, 5.41) is 12.0. The SMILES string of the molecule is Cc1nn(C)c(CN2CCCC(C(=N)N)C2)c1Br. The smallest absolute Gasteiger partial charge is 0.0949 e. The summed E-state index contributed by atoms with van der Waals surface area (Å²) < 4.78 is 3.02. The van der Waals surface area contributed by atoms with Crippen molar-refractivity contribution in [2.75, 3.05) is 13.1 Å². The second-order valence-electron chi connectivity index (χ2n) is 5.00. The molecule has 0 aromatic carbocycles. The van der Waals surface area contributed by atoms with Crippen molar-refractivity contribution >= 4 is 21.8 Å². The Morgan fingerprint density at radius 2 is 2.33 bits per heavy atom. The van der Waals surface area contributed by atoms with Crippen LogP contribution in [0.4, 0.5) is 0 Å². The van der Waals surface area contributed by atoms with E-state index in [1.54, 1.807) is 0 Å². The molecule has 1 saturated heterocycles. The monoisotopic (exact) mass is 313 g/mol. The third kappa shape index (κ3) is 2.75. The number of rotatable bonds is 3. The van der Waals surface area contributed by atoms with Gasteiger partial charge < -0.3 is 5.73 Å². The molecule has 0 aliphatic carbocycles. The van der Waals surface area contributed by atoms with Gasteiger partial charge in [0.2, 0.25) is 0 Å². The Balaban J connectivity index is 2.07. The Morgan fingerprint density at radius 3 is 2.89 bits per heavy atom. The number of nitrogens with zero attached hydrogens (tertiary/aromatic N) is 3. The molecule has 2 rings (SSSR count). The Bertz CT molecular complexity index is 454. The van der Waals surface area contributed by atoms with Gasteiger partial charge in [-0.3, -0.25) is 15.0 Å². The molecule has 0 saturated carbocycles. The minimum absolute atomic E-state index is 0.215. The first kappa shape index (κ1) is 13.5. The number of nitrogens with one attached hydrogen (secondary N) is 1. The number of halogens is 1. The van der Waals surface area contributed by atoms with Gasteiger partial charge in [0, 0.05) is 26.1 Å². The van der Waals surface area contributed by atoms with Gasteiger partial charge in [0.15, 0.2) is 0 Å². The lowest BCUT2D eigenvalue weighted by molar-refractivity contribution is 0.191. The number of nitrogens with two attached hydrogens (primary N) is 1. The molecule has 0 radical (unpaired) electrons. The Kier molecular flexibility index (Phi) is 4.07. The molecule has 1 aromatic heterocycles. The molecule has 6 heteroatoms. The molecule has 1 unspecified atom stereocenters. The van der Waals surface area contributed by atoms with Crippen molar-refractivity contribution in [1.82, 2.24) is 14.7 Å². The highest BCUT2D eigenvalue weighted by atomic mass is 79.9. The van der Waals surface area contributed by atoms with Crippen LogP contribution in [0.15, 0.2) is 4.47 Å². The van der Waals surface area contributed by atoms with E-state index in [4.69, 9.17) is 11.1 Å². The molecular weight excluding hydrogens is 294 g/mol. The van der Waals surface area contributed by atoms with Gasteiger partial charge in [-0.15, -0.1) is 0 Å². The third-order valence-corrected chi connectivity index (χ3v) is 4.61. The van der Waals surface area contributed by atoms with E-state index in [9.17, 15) is 0 Å². The van der Waals surface area contributed by atoms with Gasteiger partial charge >= 0.3 is 0 Å². The van der Waals surface area contributed by atoms with Crippen molar-refractivity contribution in [1.29, 1.82) is 5.41 Å². The summed E-state index contributed by atoms with van der Waals surface area (Å²) in [5.74, 6) is 0.534. The molecule has 18 heavy (non-hydrogen) atoms. The van der Waals surface area contributed by atoms with Crippen LogP contribution >= 0.6 is 15.9 Å². The molecule has 3 N–H and O–H groups in total. The molecule has 100 valence electrons. The maximum Gasteiger partial charge on any atom is 0.0949 e. The Hall–Kier alpha value is -0.880. The minimum atomic E-state index is 0.215. The molecular formula is C12H20BrN5. The van der Waals surface area contributed by atoms with Crippen molar-refractivity contribution in [2.24, 2.45) is 18.7 Å². The number of aryl methyl sites for hydroxylation is 2. The molecule has 1 atom stereocenters. The van der Waals surface area contributed by atoms with Crippen molar-refractivity contribution in [3.8, 4) is 0 Å². The second-order valence-corrected chi connectivity index (χ2v) is 5.79. The van der Waals surface area contributed by atoms with Crippen LogP contribution in [0.2, 0.25) is 0 Å². The summed E-state index contributed by atoms with van der Waals surface area (Å²) in [7, 11) is 1.97. The van der Waals surface area contributed by atoms with Gasteiger partial charge in [0.05, 0.1) is 21.7 Å². The van der Waals surface area contributed by atoms with Gasteiger partial charge in [-0.25, -0.2) is 0 Å². The molecule has 1 fully saturated rings. The summed E-state index contributed by atoms with van der Waals surface area (Å²) >= 11 is 3.59. The van der Waals surface area contributed by atoms with Crippen LogP contribution < -0.4 is 5.73 Å². The van der Waals surface area contributed by atoms with E-state index < -0.39 is 0 Å². The molecule has 0 amide bonds. The first-order valence-electron chi connectivity index (χ1n) is 6.23. The van der Waals surface area contributed by atoms with Crippen molar-refractivity contribution in [3.05, 3.63) is 15.9 Å². The quantitative estimate of drug-likeness (QED) is 0.658. The molecule has 0 bridgehead atoms. The van der Waals surface area contributed by atoms with Crippen molar-refractivity contribution in [2.45, 2.75) is 26.3 Å². The van der Waals surface area contributed by atoms with Crippen LogP contribution in [-0.2, 0) is 13.6 Å². The molecule has 2 heterocycles. The zero-order valence-corrected chi connectivity index (χ0v) is 12.5. The summed E-state index contributed by atoms with van der Waals surface area (Å²) in [6, 6.07) is 0. The molecule has 1 aromatic rings. The maximum absolute atomic E-state index is 7.57. The van der Waals surface area contributed by atoms with Crippen LogP contribution in [0.25, 0.3) is 0 Å². The van der Waals surface area contributed by atoms with Crippen molar-refractivity contribution in [3.63, 3.8) is 0 Å². The lowest BCUT2D eigenvalue weighted by Crippen LogP contribution is -2.40. The van der Waals surface area contributed by atoms with E-state index in [0.717, 1.165) is 42.6 Å².